The molecule has 82 valence electrons. The zero-order valence-corrected chi connectivity index (χ0v) is 8.83. The van der Waals surface area contributed by atoms with Crippen LogP contribution in [-0.4, -0.2) is 23.5 Å². The van der Waals surface area contributed by atoms with Crippen molar-refractivity contribution < 1.29 is 5.21 Å². The number of rotatable bonds is 0. The summed E-state index contributed by atoms with van der Waals surface area (Å²) in [6.07, 6.45) is 1.21. The van der Waals surface area contributed by atoms with E-state index in [9.17, 15) is 5.21 Å². The van der Waals surface area contributed by atoms with E-state index in [1.54, 1.807) is 6.20 Å². The first-order valence-corrected chi connectivity index (χ1v) is 5.04. The Bertz CT molecular complexity index is 508. The fourth-order valence-corrected chi connectivity index (χ4v) is 2.01. The third-order valence-corrected chi connectivity index (χ3v) is 2.97. The van der Waals surface area contributed by atoms with Gasteiger partial charge < -0.3 is 4.90 Å². The molecular formula is C11H12N4O. The topological polar surface area (TPSA) is 65.6 Å². The van der Waals surface area contributed by atoms with Crippen LogP contribution in [0.4, 0.5) is 11.4 Å². The van der Waals surface area contributed by atoms with Crippen LogP contribution in [0.5, 0.6) is 0 Å². The average molecular weight is 216 g/mol. The van der Waals surface area contributed by atoms with Gasteiger partial charge in [0.05, 0.1) is 16.9 Å². The summed E-state index contributed by atoms with van der Waals surface area (Å²) < 4.78 is 0. The van der Waals surface area contributed by atoms with E-state index >= 15 is 0 Å². The summed E-state index contributed by atoms with van der Waals surface area (Å²) in [7, 11) is 1.84. The van der Waals surface area contributed by atoms with Gasteiger partial charge >= 0.3 is 0 Å². The molecule has 0 saturated heterocycles. The van der Waals surface area contributed by atoms with Crippen LogP contribution in [0.1, 0.15) is 0 Å². The van der Waals surface area contributed by atoms with Gasteiger partial charge in [-0.15, -0.1) is 0 Å². The van der Waals surface area contributed by atoms with Crippen LogP contribution >= 0.6 is 0 Å². The first-order chi connectivity index (χ1) is 7.68. The van der Waals surface area contributed by atoms with Crippen LogP contribution in [0.15, 0.2) is 30.5 Å². The van der Waals surface area contributed by atoms with Gasteiger partial charge in [-0.3, -0.25) is 15.9 Å². The van der Waals surface area contributed by atoms with Crippen molar-refractivity contribution in [3.8, 4) is 0 Å². The van der Waals surface area contributed by atoms with Gasteiger partial charge in [-0.2, -0.15) is 0 Å². The lowest BCUT2D eigenvalue weighted by Gasteiger charge is -2.20. The number of nitrogens with two attached hydrogens (primary N) is 1. The lowest BCUT2D eigenvalue weighted by atomic mass is 10.1. The molecule has 1 unspecified atom stereocenters. The average Bonchev–Trinajstić information content (AvgIpc) is 2.52. The zero-order valence-electron chi connectivity index (χ0n) is 8.83. The predicted molar refractivity (Wildman–Crippen MR) is 62.4 cm³/mol. The number of benzene rings is 1. The standard InChI is InChI=1S/C11H12N4O/c1-14-9-6-8-7(3-2-4-13-8)5-10(9)15(16)11(14)12/h2-6,11,16H,12H2,1H3. The van der Waals surface area contributed by atoms with E-state index in [4.69, 9.17) is 5.73 Å². The van der Waals surface area contributed by atoms with E-state index < -0.39 is 6.29 Å². The number of nitrogens with zero attached hydrogens (tertiary/aromatic N) is 3. The van der Waals surface area contributed by atoms with Gasteiger partial charge in [0.25, 0.3) is 0 Å². The summed E-state index contributed by atoms with van der Waals surface area (Å²) in [5.74, 6) is 0. The van der Waals surface area contributed by atoms with Gasteiger partial charge in [-0.05, 0) is 18.2 Å². The first kappa shape index (κ1) is 9.38. The van der Waals surface area contributed by atoms with Crippen LogP contribution < -0.4 is 15.7 Å². The van der Waals surface area contributed by atoms with Gasteiger partial charge in [0.1, 0.15) is 0 Å². The van der Waals surface area contributed by atoms with Crippen LogP contribution in [-0.2, 0) is 0 Å². The Morgan fingerprint density at radius 2 is 2.19 bits per heavy atom. The molecule has 0 fully saturated rings. The fourth-order valence-electron chi connectivity index (χ4n) is 2.01. The van der Waals surface area contributed by atoms with Crippen molar-refractivity contribution in [3.63, 3.8) is 0 Å². The third kappa shape index (κ3) is 1.09. The maximum Gasteiger partial charge on any atom is 0.179 e. The zero-order chi connectivity index (χ0) is 11.3. The Hall–Kier alpha value is -1.85. The number of aromatic nitrogens is 1. The minimum Gasteiger partial charge on any atom is -0.339 e. The van der Waals surface area contributed by atoms with Crippen molar-refractivity contribution in [1.29, 1.82) is 0 Å². The molecule has 2 heterocycles. The number of anilines is 2. The number of hydroxylamine groups is 1. The molecule has 5 nitrogen and oxygen atoms in total. The van der Waals surface area contributed by atoms with Gasteiger partial charge in [-0.1, -0.05) is 6.07 Å². The molecule has 1 aromatic heterocycles. The highest BCUT2D eigenvalue weighted by Crippen LogP contribution is 2.38. The first-order valence-electron chi connectivity index (χ1n) is 5.04. The number of pyridine rings is 1. The SMILES string of the molecule is CN1c2cc3ncccc3cc2N(O)C1N. The lowest BCUT2D eigenvalue weighted by Crippen LogP contribution is -2.46. The van der Waals surface area contributed by atoms with Crippen LogP contribution in [0, 0.1) is 0 Å². The Kier molecular flexibility index (Phi) is 1.80. The van der Waals surface area contributed by atoms with Crippen LogP contribution in [0.3, 0.4) is 0 Å². The fraction of sp³-hybridized carbons (Fsp3) is 0.182. The number of hydrogen-bond donors (Lipinski definition) is 2. The van der Waals surface area contributed by atoms with Crippen molar-refractivity contribution in [2.45, 2.75) is 6.29 Å². The van der Waals surface area contributed by atoms with Crippen LogP contribution in [0.2, 0.25) is 0 Å². The number of hydrogen-bond acceptors (Lipinski definition) is 5. The summed E-state index contributed by atoms with van der Waals surface area (Å²) >= 11 is 0. The van der Waals surface area contributed by atoms with Crippen LogP contribution in [0.25, 0.3) is 10.9 Å². The quantitative estimate of drug-likeness (QED) is 0.691. The maximum atomic E-state index is 9.83. The second kappa shape index (κ2) is 3.07. The van der Waals surface area contributed by atoms with Crippen molar-refractivity contribution in [1.82, 2.24) is 4.98 Å². The molecule has 1 aliphatic heterocycles. The molecule has 3 N–H and O–H groups in total. The van der Waals surface area contributed by atoms with E-state index in [1.165, 1.54) is 0 Å². The summed E-state index contributed by atoms with van der Waals surface area (Å²) in [5, 5.41) is 11.9. The molecule has 0 bridgehead atoms. The molecule has 1 aliphatic rings. The van der Waals surface area contributed by atoms with Gasteiger partial charge in [0.2, 0.25) is 0 Å². The lowest BCUT2D eigenvalue weighted by molar-refractivity contribution is 0.227. The largest absolute Gasteiger partial charge is 0.339 e. The normalized spacial score (nSPS) is 19.3. The number of fused-ring (bicyclic) bond motifs is 2. The predicted octanol–water partition coefficient (Wildman–Crippen LogP) is 1.12. The molecule has 0 aliphatic carbocycles. The second-order valence-electron chi connectivity index (χ2n) is 3.91. The van der Waals surface area contributed by atoms with Crippen molar-refractivity contribution in [3.05, 3.63) is 30.5 Å². The van der Waals surface area contributed by atoms with Crippen molar-refractivity contribution in [2.75, 3.05) is 17.0 Å². The van der Waals surface area contributed by atoms with E-state index in [2.05, 4.69) is 4.98 Å². The molecule has 0 spiro atoms. The Labute approximate surface area is 92.7 Å². The summed E-state index contributed by atoms with van der Waals surface area (Å²) in [6.45, 7) is 0. The molecule has 0 amide bonds. The maximum absolute atomic E-state index is 9.83. The molecule has 16 heavy (non-hydrogen) atoms. The summed E-state index contributed by atoms with van der Waals surface area (Å²) in [5.41, 5.74) is 8.32. The molecule has 0 radical (unpaired) electrons. The Morgan fingerprint density at radius 3 is 3.00 bits per heavy atom. The van der Waals surface area contributed by atoms with E-state index in [1.807, 2.05) is 36.2 Å². The molecule has 5 heteroatoms. The molecule has 1 atom stereocenters. The van der Waals surface area contributed by atoms with Gasteiger partial charge in [0, 0.05) is 18.6 Å². The Balaban J connectivity index is 2.29. The minimum atomic E-state index is -0.535. The highest BCUT2D eigenvalue weighted by Gasteiger charge is 2.30. The highest BCUT2D eigenvalue weighted by molar-refractivity contribution is 5.91. The van der Waals surface area contributed by atoms with E-state index in [0.717, 1.165) is 27.3 Å². The molecule has 0 saturated carbocycles. The minimum absolute atomic E-state index is 0.535. The second-order valence-corrected chi connectivity index (χ2v) is 3.91. The molecular weight excluding hydrogens is 204 g/mol. The van der Waals surface area contributed by atoms with Gasteiger partial charge in [0.15, 0.2) is 6.29 Å². The summed E-state index contributed by atoms with van der Waals surface area (Å²) in [6, 6.07) is 7.65. The monoisotopic (exact) mass is 216 g/mol. The Morgan fingerprint density at radius 1 is 1.38 bits per heavy atom. The van der Waals surface area contributed by atoms with Crippen molar-refractivity contribution in [2.24, 2.45) is 5.73 Å². The molecule has 3 rings (SSSR count). The smallest absolute Gasteiger partial charge is 0.179 e. The van der Waals surface area contributed by atoms with Gasteiger partial charge in [-0.25, -0.2) is 5.06 Å². The third-order valence-electron chi connectivity index (χ3n) is 2.97. The van der Waals surface area contributed by atoms with E-state index in [-0.39, 0.29) is 0 Å². The molecule has 2 aromatic rings. The summed E-state index contributed by atoms with van der Waals surface area (Å²) in [4.78, 5) is 6.08. The highest BCUT2D eigenvalue weighted by atomic mass is 16.5. The van der Waals surface area contributed by atoms with E-state index in [0.29, 0.717) is 0 Å². The molecule has 1 aromatic carbocycles. The van der Waals surface area contributed by atoms with Crippen molar-refractivity contribution >= 4 is 22.3 Å².